The molecule has 168 valence electrons. The summed E-state index contributed by atoms with van der Waals surface area (Å²) < 4.78 is 33.1. The Balaban J connectivity index is 1.44. The lowest BCUT2D eigenvalue weighted by Gasteiger charge is -2.09. The fourth-order valence-corrected chi connectivity index (χ4v) is 4.64. The Morgan fingerprint density at radius 2 is 1.64 bits per heavy atom. The van der Waals surface area contributed by atoms with Crippen LogP contribution >= 0.6 is 11.8 Å². The molecule has 1 heterocycles. The number of thioether (sulfide) groups is 1. The lowest BCUT2D eigenvalue weighted by Crippen LogP contribution is -2.14. The second-order valence-electron chi connectivity index (χ2n) is 7.06. The number of nitrogens with zero attached hydrogens (tertiary/aromatic N) is 2. The van der Waals surface area contributed by atoms with E-state index in [1.807, 2.05) is 37.4 Å². The predicted molar refractivity (Wildman–Crippen MR) is 128 cm³/mol. The van der Waals surface area contributed by atoms with Crippen LogP contribution in [0.15, 0.2) is 87.0 Å². The highest BCUT2D eigenvalue weighted by molar-refractivity contribution is 7.98. The van der Waals surface area contributed by atoms with Crippen molar-refractivity contribution in [3.63, 3.8) is 0 Å². The molecule has 0 spiro atoms. The summed E-state index contributed by atoms with van der Waals surface area (Å²) in [5.74, 6) is -0.160. The molecule has 4 rings (SSSR count). The van der Waals surface area contributed by atoms with E-state index in [0.29, 0.717) is 17.1 Å². The Morgan fingerprint density at radius 3 is 2.33 bits per heavy atom. The van der Waals surface area contributed by atoms with Crippen LogP contribution in [0.3, 0.4) is 0 Å². The van der Waals surface area contributed by atoms with Gasteiger partial charge in [0.05, 0.1) is 10.5 Å². The van der Waals surface area contributed by atoms with Gasteiger partial charge in [-0.15, -0.1) is 16.9 Å². The van der Waals surface area contributed by atoms with Gasteiger partial charge in [0.25, 0.3) is 21.8 Å². The molecule has 0 fully saturated rings. The number of carbonyl (C=O) groups is 1. The third-order valence-corrected chi connectivity index (χ3v) is 6.91. The molecule has 0 aliphatic heterocycles. The molecule has 10 heteroatoms. The van der Waals surface area contributed by atoms with Gasteiger partial charge in [-0.1, -0.05) is 34.9 Å². The number of sulfonamides is 1. The number of rotatable bonds is 7. The molecule has 0 saturated heterocycles. The van der Waals surface area contributed by atoms with Gasteiger partial charge in [-0.2, -0.15) is 0 Å². The Labute approximate surface area is 195 Å². The number of hydrogen-bond acceptors (Lipinski definition) is 7. The maximum atomic E-state index is 12.6. The largest absolute Gasteiger partial charge is 0.403 e. The number of anilines is 2. The van der Waals surface area contributed by atoms with Crippen LogP contribution in [0.1, 0.15) is 15.9 Å². The van der Waals surface area contributed by atoms with Crippen molar-refractivity contribution in [1.29, 1.82) is 0 Å². The lowest BCUT2D eigenvalue weighted by atomic mass is 10.2. The minimum atomic E-state index is -3.73. The van der Waals surface area contributed by atoms with Gasteiger partial charge < -0.3 is 4.42 Å². The standard InChI is InChI=1S/C23H20N4O4S2/c1-15-7-13-18(14-8-15)33(29,30)27-17-11-9-16(10-12-17)21(28)24-23-26-25-22(31-23)19-5-3-4-6-20(19)32-2/h3-14,27H,1-2H3,(H,24,26,28). The molecule has 0 saturated carbocycles. The SMILES string of the molecule is CSc1ccccc1-c1nnc(NC(=O)c2ccc(NS(=O)(=O)c3ccc(C)cc3)cc2)o1. The molecule has 3 aromatic carbocycles. The minimum absolute atomic E-state index is 0.0324. The Kier molecular flexibility index (Phi) is 6.47. The number of aryl methyl sites for hydroxylation is 1. The van der Waals surface area contributed by atoms with Crippen LogP contribution in [0, 0.1) is 6.92 Å². The molecule has 0 aliphatic carbocycles. The van der Waals surface area contributed by atoms with Gasteiger partial charge in [-0.25, -0.2) is 8.42 Å². The molecular weight excluding hydrogens is 460 g/mol. The van der Waals surface area contributed by atoms with Crippen LogP contribution in [0.5, 0.6) is 0 Å². The molecule has 4 aromatic rings. The monoisotopic (exact) mass is 480 g/mol. The van der Waals surface area contributed by atoms with Gasteiger partial charge >= 0.3 is 6.01 Å². The topological polar surface area (TPSA) is 114 Å². The quantitative estimate of drug-likeness (QED) is 0.365. The second kappa shape index (κ2) is 9.47. The zero-order valence-corrected chi connectivity index (χ0v) is 19.4. The highest BCUT2D eigenvalue weighted by Crippen LogP contribution is 2.29. The van der Waals surface area contributed by atoms with Crippen LogP contribution in [0.25, 0.3) is 11.5 Å². The third kappa shape index (κ3) is 5.24. The van der Waals surface area contributed by atoms with Gasteiger partial charge in [-0.3, -0.25) is 14.8 Å². The number of amides is 1. The van der Waals surface area contributed by atoms with Crippen LogP contribution in [0.2, 0.25) is 0 Å². The van der Waals surface area contributed by atoms with Crippen LogP contribution in [-0.4, -0.2) is 30.8 Å². The average Bonchev–Trinajstić information content (AvgIpc) is 3.27. The van der Waals surface area contributed by atoms with Crippen LogP contribution < -0.4 is 10.0 Å². The summed E-state index contributed by atoms with van der Waals surface area (Å²) in [5, 5.41) is 10.5. The van der Waals surface area contributed by atoms with Gasteiger partial charge in [-0.05, 0) is 61.7 Å². The summed E-state index contributed by atoms with van der Waals surface area (Å²) in [6.07, 6.45) is 1.95. The average molecular weight is 481 g/mol. The highest BCUT2D eigenvalue weighted by atomic mass is 32.2. The van der Waals surface area contributed by atoms with Crippen molar-refractivity contribution in [3.05, 3.63) is 83.9 Å². The van der Waals surface area contributed by atoms with Crippen molar-refractivity contribution in [3.8, 4) is 11.5 Å². The number of benzene rings is 3. The van der Waals surface area contributed by atoms with Crippen molar-refractivity contribution in [2.75, 3.05) is 16.3 Å². The first-order valence-electron chi connectivity index (χ1n) is 9.83. The van der Waals surface area contributed by atoms with E-state index in [0.717, 1.165) is 16.0 Å². The van der Waals surface area contributed by atoms with E-state index in [1.54, 1.807) is 23.9 Å². The molecule has 8 nitrogen and oxygen atoms in total. The first kappa shape index (κ1) is 22.6. The van der Waals surface area contributed by atoms with Crippen LogP contribution in [-0.2, 0) is 10.0 Å². The fourth-order valence-electron chi connectivity index (χ4n) is 2.99. The Bertz CT molecular complexity index is 1380. The smallest absolute Gasteiger partial charge is 0.322 e. The number of aromatic nitrogens is 2. The highest BCUT2D eigenvalue weighted by Gasteiger charge is 2.16. The van der Waals surface area contributed by atoms with Gasteiger partial charge in [0.2, 0.25) is 0 Å². The zero-order valence-electron chi connectivity index (χ0n) is 17.8. The minimum Gasteiger partial charge on any atom is -0.403 e. The summed E-state index contributed by atoms with van der Waals surface area (Å²) in [7, 11) is -3.73. The number of nitrogens with one attached hydrogen (secondary N) is 2. The van der Waals surface area contributed by atoms with E-state index in [9.17, 15) is 13.2 Å². The van der Waals surface area contributed by atoms with E-state index in [2.05, 4.69) is 20.2 Å². The first-order chi connectivity index (χ1) is 15.9. The van der Waals surface area contributed by atoms with Crippen molar-refractivity contribution < 1.29 is 17.6 Å². The molecule has 0 radical (unpaired) electrons. The summed E-state index contributed by atoms with van der Waals surface area (Å²) in [4.78, 5) is 13.7. The second-order valence-corrected chi connectivity index (χ2v) is 9.59. The number of hydrogen-bond donors (Lipinski definition) is 2. The molecule has 0 atom stereocenters. The molecule has 33 heavy (non-hydrogen) atoms. The normalized spacial score (nSPS) is 11.2. The summed E-state index contributed by atoms with van der Waals surface area (Å²) in [5.41, 5.74) is 2.38. The maximum Gasteiger partial charge on any atom is 0.322 e. The van der Waals surface area contributed by atoms with Crippen molar-refractivity contribution >= 4 is 39.4 Å². The van der Waals surface area contributed by atoms with Crippen molar-refractivity contribution in [2.24, 2.45) is 0 Å². The van der Waals surface area contributed by atoms with E-state index in [1.165, 1.54) is 36.4 Å². The fraction of sp³-hybridized carbons (Fsp3) is 0.0870. The van der Waals surface area contributed by atoms with Gasteiger partial charge in [0.1, 0.15) is 0 Å². The Morgan fingerprint density at radius 1 is 0.939 bits per heavy atom. The third-order valence-electron chi connectivity index (χ3n) is 4.71. The van der Waals surface area contributed by atoms with Gasteiger partial charge in [0.15, 0.2) is 0 Å². The lowest BCUT2D eigenvalue weighted by molar-refractivity contribution is 0.102. The maximum absolute atomic E-state index is 12.6. The van der Waals surface area contributed by atoms with E-state index < -0.39 is 15.9 Å². The van der Waals surface area contributed by atoms with E-state index in [-0.39, 0.29) is 10.9 Å². The molecule has 0 unspecified atom stereocenters. The molecule has 0 bridgehead atoms. The molecule has 2 N–H and O–H groups in total. The van der Waals surface area contributed by atoms with Gasteiger partial charge in [0, 0.05) is 16.1 Å². The molecule has 1 amide bonds. The number of carbonyl (C=O) groups excluding carboxylic acids is 1. The summed E-state index contributed by atoms with van der Waals surface area (Å²) >= 11 is 1.55. The Hall–Kier alpha value is -3.63. The predicted octanol–water partition coefficient (Wildman–Crippen LogP) is 4.82. The molecule has 1 aromatic heterocycles. The summed E-state index contributed by atoms with van der Waals surface area (Å²) in [6, 6.07) is 20.1. The van der Waals surface area contributed by atoms with E-state index in [4.69, 9.17) is 4.42 Å². The first-order valence-corrected chi connectivity index (χ1v) is 12.5. The van der Waals surface area contributed by atoms with Crippen molar-refractivity contribution in [2.45, 2.75) is 16.7 Å². The molecular formula is C23H20N4O4S2. The van der Waals surface area contributed by atoms with Crippen molar-refractivity contribution in [1.82, 2.24) is 10.2 Å². The van der Waals surface area contributed by atoms with Crippen LogP contribution in [0.4, 0.5) is 11.7 Å². The summed E-state index contributed by atoms with van der Waals surface area (Å²) in [6.45, 7) is 1.88. The van der Waals surface area contributed by atoms with E-state index >= 15 is 0 Å². The zero-order chi connectivity index (χ0) is 23.4. The molecule has 0 aliphatic rings.